The van der Waals surface area contributed by atoms with Crippen LogP contribution in [-0.2, 0) is 6.42 Å². The van der Waals surface area contributed by atoms with Gasteiger partial charge in [-0.1, -0.05) is 39.7 Å². The molecule has 2 aromatic carbocycles. The molecule has 0 aliphatic heterocycles. The molecule has 0 bridgehead atoms. The lowest BCUT2D eigenvalue weighted by molar-refractivity contribution is 1.02. The predicted octanol–water partition coefficient (Wildman–Crippen LogP) is 4.34. The van der Waals surface area contributed by atoms with Crippen LogP contribution >= 0.6 is 27.5 Å². The standard InChI is InChI=1S/C14H14BrClN2/c15-11-3-1-10(2-4-11)7-8-18-14-9-12(16)5-6-13(14)17/h1-6,9,18H,7-8,17H2. The zero-order valence-electron chi connectivity index (χ0n) is 9.79. The highest BCUT2D eigenvalue weighted by atomic mass is 79.9. The third-order valence-electron chi connectivity index (χ3n) is 2.66. The van der Waals surface area contributed by atoms with E-state index in [4.69, 9.17) is 17.3 Å². The summed E-state index contributed by atoms with van der Waals surface area (Å²) in [4.78, 5) is 0. The molecule has 0 unspecified atom stereocenters. The van der Waals surface area contributed by atoms with E-state index in [0.29, 0.717) is 5.02 Å². The van der Waals surface area contributed by atoms with Gasteiger partial charge in [0.25, 0.3) is 0 Å². The molecular weight excluding hydrogens is 312 g/mol. The van der Waals surface area contributed by atoms with Crippen LogP contribution in [0.4, 0.5) is 11.4 Å². The summed E-state index contributed by atoms with van der Waals surface area (Å²) in [5.41, 5.74) is 8.75. The predicted molar refractivity (Wildman–Crippen MR) is 82.2 cm³/mol. The molecule has 0 fully saturated rings. The Morgan fingerprint density at radius 1 is 1.11 bits per heavy atom. The fourth-order valence-corrected chi connectivity index (χ4v) is 2.11. The number of anilines is 2. The Morgan fingerprint density at radius 3 is 2.56 bits per heavy atom. The maximum atomic E-state index is 5.93. The molecule has 2 aromatic rings. The van der Waals surface area contributed by atoms with E-state index in [1.807, 2.05) is 24.3 Å². The van der Waals surface area contributed by atoms with E-state index in [1.165, 1.54) is 5.56 Å². The normalized spacial score (nSPS) is 10.3. The highest BCUT2D eigenvalue weighted by molar-refractivity contribution is 9.10. The van der Waals surface area contributed by atoms with Gasteiger partial charge < -0.3 is 11.1 Å². The van der Waals surface area contributed by atoms with E-state index in [0.717, 1.165) is 28.8 Å². The van der Waals surface area contributed by atoms with E-state index in [9.17, 15) is 0 Å². The fourth-order valence-electron chi connectivity index (χ4n) is 1.67. The molecule has 18 heavy (non-hydrogen) atoms. The first-order valence-electron chi connectivity index (χ1n) is 5.68. The Hall–Kier alpha value is -1.19. The minimum atomic E-state index is 0.690. The van der Waals surface area contributed by atoms with Gasteiger partial charge in [0, 0.05) is 16.0 Å². The minimum absolute atomic E-state index is 0.690. The minimum Gasteiger partial charge on any atom is -0.397 e. The van der Waals surface area contributed by atoms with Gasteiger partial charge in [0.05, 0.1) is 11.4 Å². The first-order valence-corrected chi connectivity index (χ1v) is 6.85. The van der Waals surface area contributed by atoms with Crippen LogP contribution in [0.5, 0.6) is 0 Å². The molecule has 0 atom stereocenters. The zero-order chi connectivity index (χ0) is 13.0. The van der Waals surface area contributed by atoms with Crippen molar-refractivity contribution < 1.29 is 0 Å². The summed E-state index contributed by atoms with van der Waals surface area (Å²) in [5, 5.41) is 3.99. The molecule has 0 saturated heterocycles. The van der Waals surface area contributed by atoms with Crippen LogP contribution in [0.3, 0.4) is 0 Å². The number of nitrogens with one attached hydrogen (secondary N) is 1. The van der Waals surface area contributed by atoms with Crippen molar-refractivity contribution in [1.82, 2.24) is 0 Å². The van der Waals surface area contributed by atoms with Gasteiger partial charge in [0.2, 0.25) is 0 Å². The van der Waals surface area contributed by atoms with Crippen molar-refractivity contribution in [2.45, 2.75) is 6.42 Å². The number of halogens is 2. The van der Waals surface area contributed by atoms with Crippen molar-refractivity contribution in [3.63, 3.8) is 0 Å². The Bertz CT molecular complexity index is 526. The van der Waals surface area contributed by atoms with Crippen molar-refractivity contribution >= 4 is 38.9 Å². The van der Waals surface area contributed by atoms with Gasteiger partial charge in [-0.3, -0.25) is 0 Å². The van der Waals surface area contributed by atoms with Gasteiger partial charge in [-0.15, -0.1) is 0 Å². The van der Waals surface area contributed by atoms with Crippen molar-refractivity contribution in [3.05, 3.63) is 57.5 Å². The Labute approximate surface area is 120 Å². The van der Waals surface area contributed by atoms with Crippen molar-refractivity contribution in [2.75, 3.05) is 17.6 Å². The average Bonchev–Trinajstić information content (AvgIpc) is 2.36. The van der Waals surface area contributed by atoms with Crippen LogP contribution in [0.15, 0.2) is 46.9 Å². The monoisotopic (exact) mass is 324 g/mol. The van der Waals surface area contributed by atoms with E-state index in [-0.39, 0.29) is 0 Å². The molecule has 0 spiro atoms. The molecule has 0 amide bonds. The summed E-state index contributed by atoms with van der Waals surface area (Å²) in [6.07, 6.45) is 0.944. The van der Waals surface area contributed by atoms with E-state index in [2.05, 4.69) is 33.4 Å². The van der Waals surface area contributed by atoms with Crippen molar-refractivity contribution in [3.8, 4) is 0 Å². The first kappa shape index (κ1) is 13.2. The number of nitrogens with two attached hydrogens (primary N) is 1. The lowest BCUT2D eigenvalue weighted by Crippen LogP contribution is -2.06. The second-order valence-corrected chi connectivity index (χ2v) is 5.39. The summed E-state index contributed by atoms with van der Waals surface area (Å²) in [6.45, 7) is 0.826. The van der Waals surface area contributed by atoms with Crippen LogP contribution in [-0.4, -0.2) is 6.54 Å². The molecule has 2 nitrogen and oxygen atoms in total. The quantitative estimate of drug-likeness (QED) is 0.821. The molecule has 0 aliphatic rings. The molecular formula is C14H14BrClN2. The Kier molecular flexibility index (Phi) is 4.50. The van der Waals surface area contributed by atoms with Gasteiger partial charge in [-0.2, -0.15) is 0 Å². The van der Waals surface area contributed by atoms with Crippen LogP contribution < -0.4 is 11.1 Å². The summed E-state index contributed by atoms with van der Waals surface area (Å²) < 4.78 is 1.10. The number of benzene rings is 2. The molecule has 0 saturated carbocycles. The second kappa shape index (κ2) is 6.12. The molecule has 2 rings (SSSR count). The van der Waals surface area contributed by atoms with E-state index in [1.54, 1.807) is 6.07 Å². The topological polar surface area (TPSA) is 38.0 Å². The second-order valence-electron chi connectivity index (χ2n) is 4.03. The number of nitrogen functional groups attached to an aromatic ring is 1. The highest BCUT2D eigenvalue weighted by Crippen LogP contribution is 2.22. The van der Waals surface area contributed by atoms with Gasteiger partial charge in [0.1, 0.15) is 0 Å². The van der Waals surface area contributed by atoms with E-state index < -0.39 is 0 Å². The van der Waals surface area contributed by atoms with Gasteiger partial charge in [-0.25, -0.2) is 0 Å². The smallest absolute Gasteiger partial charge is 0.0588 e. The molecule has 0 radical (unpaired) electrons. The van der Waals surface area contributed by atoms with Crippen molar-refractivity contribution in [2.24, 2.45) is 0 Å². The summed E-state index contributed by atoms with van der Waals surface area (Å²) >= 11 is 9.35. The molecule has 4 heteroatoms. The maximum Gasteiger partial charge on any atom is 0.0588 e. The fraction of sp³-hybridized carbons (Fsp3) is 0.143. The number of hydrogen-bond acceptors (Lipinski definition) is 2. The first-order chi connectivity index (χ1) is 8.65. The Morgan fingerprint density at radius 2 is 1.83 bits per heavy atom. The molecule has 3 N–H and O–H groups in total. The van der Waals surface area contributed by atoms with Crippen LogP contribution in [0.2, 0.25) is 5.02 Å². The maximum absolute atomic E-state index is 5.93. The third-order valence-corrected chi connectivity index (χ3v) is 3.42. The molecule has 0 aromatic heterocycles. The van der Waals surface area contributed by atoms with Gasteiger partial charge in [-0.05, 0) is 42.3 Å². The number of rotatable bonds is 4. The van der Waals surface area contributed by atoms with E-state index >= 15 is 0 Å². The SMILES string of the molecule is Nc1ccc(Cl)cc1NCCc1ccc(Br)cc1. The lowest BCUT2D eigenvalue weighted by atomic mass is 10.1. The highest BCUT2D eigenvalue weighted by Gasteiger charge is 2.00. The Balaban J connectivity index is 1.92. The third kappa shape index (κ3) is 3.65. The average molecular weight is 326 g/mol. The van der Waals surface area contributed by atoms with Gasteiger partial charge in [0.15, 0.2) is 0 Å². The summed E-state index contributed by atoms with van der Waals surface area (Å²) in [7, 11) is 0. The van der Waals surface area contributed by atoms with Crippen molar-refractivity contribution in [1.29, 1.82) is 0 Å². The molecule has 0 aliphatic carbocycles. The summed E-state index contributed by atoms with van der Waals surface area (Å²) in [6, 6.07) is 13.7. The number of hydrogen-bond donors (Lipinski definition) is 2. The molecule has 0 heterocycles. The van der Waals surface area contributed by atoms with Crippen LogP contribution in [0.1, 0.15) is 5.56 Å². The lowest BCUT2D eigenvalue weighted by Gasteiger charge is -2.09. The largest absolute Gasteiger partial charge is 0.397 e. The zero-order valence-corrected chi connectivity index (χ0v) is 12.1. The van der Waals surface area contributed by atoms with Gasteiger partial charge >= 0.3 is 0 Å². The molecule has 94 valence electrons. The summed E-state index contributed by atoms with van der Waals surface area (Å²) in [5.74, 6) is 0. The van der Waals surface area contributed by atoms with Crippen LogP contribution in [0.25, 0.3) is 0 Å². The van der Waals surface area contributed by atoms with Crippen LogP contribution in [0, 0.1) is 0 Å².